The standard InChI is InChI=1S/C20H30N4O9/c1-9(2)11(23-19(30)33-20(3,4)5)18(29)31-8-10-13(25)14(26)17(32-10)24-7-6-22-12(15(21)27)16(24)28/h6-7,9-11,13-14,17,25-26H,8H2,1-5H3,(H2,21,27)(H,23,30)/t10-,11+,13-,14-,17-/m1/s1. The van der Waals surface area contributed by atoms with Crippen LogP contribution in [0, 0.1) is 5.92 Å². The van der Waals surface area contributed by atoms with Crippen LogP contribution in [-0.2, 0) is 19.0 Å². The third-order valence-electron chi connectivity index (χ3n) is 4.70. The average molecular weight is 470 g/mol. The molecule has 0 aliphatic carbocycles. The fraction of sp³-hybridized carbons (Fsp3) is 0.650. The summed E-state index contributed by atoms with van der Waals surface area (Å²) in [6.07, 6.45) is -4.19. The number of rotatable bonds is 7. The number of ether oxygens (including phenoxy) is 3. The number of carbonyl (C=O) groups excluding carboxylic acids is 3. The number of carbonyl (C=O) groups is 3. The molecule has 13 nitrogen and oxygen atoms in total. The van der Waals surface area contributed by atoms with Crippen LogP contribution >= 0.6 is 0 Å². The van der Waals surface area contributed by atoms with E-state index < -0.39 is 72.0 Å². The average Bonchev–Trinajstić information content (AvgIpc) is 2.97. The van der Waals surface area contributed by atoms with Gasteiger partial charge in [-0.15, -0.1) is 0 Å². The van der Waals surface area contributed by atoms with Gasteiger partial charge in [0.05, 0.1) is 0 Å². The predicted octanol–water partition coefficient (Wildman–Crippen LogP) is -0.946. The second-order valence-electron chi connectivity index (χ2n) is 8.90. The Balaban J connectivity index is 2.07. The van der Waals surface area contributed by atoms with E-state index in [1.54, 1.807) is 34.6 Å². The molecule has 1 aliphatic rings. The van der Waals surface area contributed by atoms with E-state index in [0.717, 1.165) is 17.0 Å². The zero-order valence-corrected chi connectivity index (χ0v) is 19.0. The first-order chi connectivity index (χ1) is 15.2. The third kappa shape index (κ3) is 6.49. The van der Waals surface area contributed by atoms with Gasteiger partial charge in [-0.1, -0.05) is 13.8 Å². The molecule has 0 saturated carbocycles. The molecule has 1 saturated heterocycles. The van der Waals surface area contributed by atoms with Crippen LogP contribution in [0.2, 0.25) is 0 Å². The zero-order chi connectivity index (χ0) is 25.1. The number of primary amides is 1. The van der Waals surface area contributed by atoms with Crippen molar-refractivity contribution < 1.29 is 38.8 Å². The molecule has 0 spiro atoms. The van der Waals surface area contributed by atoms with E-state index in [9.17, 15) is 29.4 Å². The van der Waals surface area contributed by atoms with Gasteiger partial charge in [-0.25, -0.2) is 14.6 Å². The Kier molecular flexibility index (Phi) is 8.16. The van der Waals surface area contributed by atoms with Gasteiger partial charge in [0.25, 0.3) is 11.5 Å². The lowest BCUT2D eigenvalue weighted by Gasteiger charge is -2.25. The molecule has 1 aliphatic heterocycles. The zero-order valence-electron chi connectivity index (χ0n) is 19.0. The summed E-state index contributed by atoms with van der Waals surface area (Å²) in [7, 11) is 0. The fourth-order valence-corrected chi connectivity index (χ4v) is 3.08. The van der Waals surface area contributed by atoms with Crippen molar-refractivity contribution in [3.8, 4) is 0 Å². The highest BCUT2D eigenvalue weighted by Crippen LogP contribution is 2.28. The Bertz CT molecular complexity index is 940. The molecule has 33 heavy (non-hydrogen) atoms. The lowest BCUT2D eigenvalue weighted by atomic mass is 10.1. The van der Waals surface area contributed by atoms with Gasteiger partial charge in [0.2, 0.25) is 0 Å². The number of nitrogens with one attached hydrogen (secondary N) is 1. The number of nitrogens with zero attached hydrogens (tertiary/aromatic N) is 2. The van der Waals surface area contributed by atoms with Gasteiger partial charge in [-0.05, 0) is 26.7 Å². The van der Waals surface area contributed by atoms with Crippen LogP contribution in [0.3, 0.4) is 0 Å². The van der Waals surface area contributed by atoms with Crippen molar-refractivity contribution >= 4 is 18.0 Å². The minimum atomic E-state index is -1.57. The monoisotopic (exact) mass is 470 g/mol. The summed E-state index contributed by atoms with van der Waals surface area (Å²) < 4.78 is 16.7. The number of hydrogen-bond donors (Lipinski definition) is 4. The van der Waals surface area contributed by atoms with Crippen molar-refractivity contribution in [1.29, 1.82) is 0 Å². The lowest BCUT2D eigenvalue weighted by molar-refractivity contribution is -0.153. The van der Waals surface area contributed by atoms with Crippen molar-refractivity contribution in [2.24, 2.45) is 11.7 Å². The molecule has 2 amide bonds. The molecular weight excluding hydrogens is 440 g/mol. The van der Waals surface area contributed by atoms with E-state index in [1.165, 1.54) is 0 Å². The van der Waals surface area contributed by atoms with Crippen molar-refractivity contribution in [3.05, 3.63) is 28.4 Å². The summed E-state index contributed by atoms with van der Waals surface area (Å²) in [5.74, 6) is -2.22. The van der Waals surface area contributed by atoms with Gasteiger partial charge in [0.15, 0.2) is 11.9 Å². The third-order valence-corrected chi connectivity index (χ3v) is 4.70. The first kappa shape index (κ1) is 26.2. The molecule has 5 atom stereocenters. The SMILES string of the molecule is CC(C)[C@H](NC(=O)OC(C)(C)C)C(=O)OC[C@H]1O[C@@H](n2ccnc(C(N)=O)c2=O)[C@H](O)[C@@H]1O. The van der Waals surface area contributed by atoms with E-state index in [4.69, 9.17) is 19.9 Å². The maximum atomic E-state index is 12.5. The van der Waals surface area contributed by atoms with Crippen LogP contribution in [0.4, 0.5) is 4.79 Å². The number of aromatic nitrogens is 2. The quantitative estimate of drug-likeness (QED) is 0.361. The number of nitrogens with two attached hydrogens (primary N) is 1. The molecule has 1 aromatic heterocycles. The second kappa shape index (κ2) is 10.3. The number of hydrogen-bond acceptors (Lipinski definition) is 10. The maximum absolute atomic E-state index is 12.5. The highest BCUT2D eigenvalue weighted by atomic mass is 16.6. The van der Waals surface area contributed by atoms with Gasteiger partial charge in [0.1, 0.15) is 36.6 Å². The maximum Gasteiger partial charge on any atom is 0.408 e. The van der Waals surface area contributed by atoms with Gasteiger partial charge in [-0.3, -0.25) is 14.2 Å². The Morgan fingerprint density at radius 2 is 1.91 bits per heavy atom. The first-order valence-corrected chi connectivity index (χ1v) is 10.3. The van der Waals surface area contributed by atoms with Crippen molar-refractivity contribution in [3.63, 3.8) is 0 Å². The second-order valence-corrected chi connectivity index (χ2v) is 8.90. The van der Waals surface area contributed by atoms with Crippen molar-refractivity contribution in [2.75, 3.05) is 6.61 Å². The molecule has 1 fully saturated rings. The van der Waals surface area contributed by atoms with Crippen LogP contribution in [0.1, 0.15) is 51.3 Å². The number of alkyl carbamates (subject to hydrolysis) is 1. The number of aliphatic hydroxyl groups is 2. The van der Waals surface area contributed by atoms with E-state index >= 15 is 0 Å². The molecule has 0 unspecified atom stereocenters. The van der Waals surface area contributed by atoms with Crippen LogP contribution in [-0.4, -0.2) is 74.3 Å². The normalized spacial score (nSPS) is 23.8. The van der Waals surface area contributed by atoms with Crippen LogP contribution in [0.25, 0.3) is 0 Å². The molecule has 2 rings (SSSR count). The fourth-order valence-electron chi connectivity index (χ4n) is 3.08. The summed E-state index contributed by atoms with van der Waals surface area (Å²) in [6, 6.07) is -1.04. The molecular formula is C20H30N4O9. The number of aliphatic hydroxyl groups excluding tert-OH is 2. The van der Waals surface area contributed by atoms with Gasteiger partial charge in [-0.2, -0.15) is 0 Å². The largest absolute Gasteiger partial charge is 0.461 e. The molecule has 0 radical (unpaired) electrons. The summed E-state index contributed by atoms with van der Waals surface area (Å²) in [5.41, 5.74) is 2.87. The Labute approximate surface area is 189 Å². The van der Waals surface area contributed by atoms with Gasteiger partial charge < -0.3 is 35.5 Å². The van der Waals surface area contributed by atoms with E-state index in [0.29, 0.717) is 0 Å². The molecule has 184 valence electrons. The van der Waals surface area contributed by atoms with Gasteiger partial charge in [0, 0.05) is 12.4 Å². The molecule has 0 bridgehead atoms. The summed E-state index contributed by atoms with van der Waals surface area (Å²) in [6.45, 7) is 7.94. The van der Waals surface area contributed by atoms with E-state index in [2.05, 4.69) is 10.3 Å². The highest BCUT2D eigenvalue weighted by molar-refractivity contribution is 5.90. The first-order valence-electron chi connectivity index (χ1n) is 10.3. The van der Waals surface area contributed by atoms with E-state index in [1.807, 2.05) is 0 Å². The van der Waals surface area contributed by atoms with Crippen LogP contribution < -0.4 is 16.6 Å². The van der Waals surface area contributed by atoms with Crippen molar-refractivity contribution in [2.45, 2.75) is 70.8 Å². The molecule has 1 aromatic rings. The van der Waals surface area contributed by atoms with E-state index in [-0.39, 0.29) is 5.92 Å². The highest BCUT2D eigenvalue weighted by Gasteiger charge is 2.45. The molecule has 13 heteroatoms. The molecule has 2 heterocycles. The Hall–Kier alpha value is -3.03. The Morgan fingerprint density at radius 1 is 1.27 bits per heavy atom. The predicted molar refractivity (Wildman–Crippen MR) is 112 cm³/mol. The topological polar surface area (TPSA) is 192 Å². The summed E-state index contributed by atoms with van der Waals surface area (Å²) in [4.78, 5) is 51.9. The molecule has 0 aromatic carbocycles. The smallest absolute Gasteiger partial charge is 0.408 e. The minimum absolute atomic E-state index is 0.347. The van der Waals surface area contributed by atoms with Crippen molar-refractivity contribution in [1.82, 2.24) is 14.9 Å². The summed E-state index contributed by atoms with van der Waals surface area (Å²) >= 11 is 0. The number of amides is 2. The van der Waals surface area contributed by atoms with Crippen LogP contribution in [0.5, 0.6) is 0 Å². The van der Waals surface area contributed by atoms with Crippen LogP contribution in [0.15, 0.2) is 17.2 Å². The molecule has 5 N–H and O–H groups in total. The lowest BCUT2D eigenvalue weighted by Crippen LogP contribution is -2.48. The number of esters is 1. The Morgan fingerprint density at radius 3 is 2.45 bits per heavy atom. The summed E-state index contributed by atoms with van der Waals surface area (Å²) in [5, 5.41) is 23.1. The minimum Gasteiger partial charge on any atom is -0.461 e. The van der Waals surface area contributed by atoms with Gasteiger partial charge >= 0.3 is 12.1 Å².